The highest BCUT2D eigenvalue weighted by Gasteiger charge is 2.31. The second kappa shape index (κ2) is 5.25. The molecule has 1 N–H and O–H groups in total. The Morgan fingerprint density at radius 2 is 1.88 bits per heavy atom. The molecule has 1 heterocycles. The van der Waals surface area contributed by atoms with Crippen molar-refractivity contribution in [2.24, 2.45) is 5.92 Å². The predicted octanol–water partition coefficient (Wildman–Crippen LogP) is 1.68. The lowest BCUT2D eigenvalue weighted by atomic mass is 9.87. The standard InChI is InChI=1S/C13H24N2O2/c1-10-3-5-11(6-4-10)14(2)13(17)15-8-7-12(16)9-15/h10-12,16H,3-9H2,1-2H3. The van der Waals surface area contributed by atoms with Gasteiger partial charge in [-0.25, -0.2) is 4.79 Å². The van der Waals surface area contributed by atoms with Crippen LogP contribution in [0.4, 0.5) is 4.79 Å². The SMILES string of the molecule is CC1CCC(N(C)C(=O)N2CCC(O)C2)CC1. The molecule has 0 spiro atoms. The minimum atomic E-state index is -0.321. The van der Waals surface area contributed by atoms with Gasteiger partial charge in [0.25, 0.3) is 0 Å². The number of hydrogen-bond donors (Lipinski definition) is 1. The highest BCUT2D eigenvalue weighted by Crippen LogP contribution is 2.27. The smallest absolute Gasteiger partial charge is 0.320 e. The van der Waals surface area contributed by atoms with Crippen LogP contribution in [0.15, 0.2) is 0 Å². The van der Waals surface area contributed by atoms with E-state index in [1.54, 1.807) is 4.90 Å². The van der Waals surface area contributed by atoms with Gasteiger partial charge in [-0.05, 0) is 38.0 Å². The number of rotatable bonds is 1. The van der Waals surface area contributed by atoms with Crippen LogP contribution in [0.2, 0.25) is 0 Å². The molecule has 1 aliphatic carbocycles. The van der Waals surface area contributed by atoms with E-state index >= 15 is 0 Å². The van der Waals surface area contributed by atoms with E-state index < -0.39 is 0 Å². The van der Waals surface area contributed by atoms with Crippen LogP contribution in [0, 0.1) is 5.92 Å². The van der Waals surface area contributed by atoms with Gasteiger partial charge in [0.05, 0.1) is 6.10 Å². The molecular weight excluding hydrogens is 216 g/mol. The Labute approximate surface area is 104 Å². The maximum absolute atomic E-state index is 12.2. The Morgan fingerprint density at radius 3 is 2.41 bits per heavy atom. The van der Waals surface area contributed by atoms with Crippen molar-refractivity contribution in [2.75, 3.05) is 20.1 Å². The van der Waals surface area contributed by atoms with E-state index in [-0.39, 0.29) is 12.1 Å². The van der Waals surface area contributed by atoms with Crippen molar-refractivity contribution in [1.29, 1.82) is 0 Å². The average Bonchev–Trinajstić information content (AvgIpc) is 2.75. The zero-order valence-electron chi connectivity index (χ0n) is 10.9. The summed E-state index contributed by atoms with van der Waals surface area (Å²) in [6, 6.07) is 0.498. The first-order chi connectivity index (χ1) is 8.08. The second-order valence-corrected chi connectivity index (χ2v) is 5.70. The summed E-state index contributed by atoms with van der Waals surface area (Å²) in [5.74, 6) is 0.809. The number of carbonyl (C=O) groups excluding carboxylic acids is 1. The molecule has 2 rings (SSSR count). The van der Waals surface area contributed by atoms with Crippen molar-refractivity contribution >= 4 is 6.03 Å². The Hall–Kier alpha value is -0.770. The number of carbonyl (C=O) groups is 1. The first-order valence-electron chi connectivity index (χ1n) is 6.77. The number of urea groups is 1. The van der Waals surface area contributed by atoms with Crippen LogP contribution in [0.1, 0.15) is 39.0 Å². The summed E-state index contributed by atoms with van der Waals surface area (Å²) < 4.78 is 0. The number of aliphatic hydroxyl groups is 1. The Morgan fingerprint density at radius 1 is 1.24 bits per heavy atom. The van der Waals surface area contributed by atoms with Crippen LogP contribution in [0.5, 0.6) is 0 Å². The monoisotopic (exact) mass is 240 g/mol. The van der Waals surface area contributed by atoms with Gasteiger partial charge in [0, 0.05) is 26.2 Å². The first-order valence-corrected chi connectivity index (χ1v) is 6.77. The molecule has 2 fully saturated rings. The minimum absolute atomic E-state index is 0.0982. The lowest BCUT2D eigenvalue weighted by Crippen LogP contribution is -2.46. The normalized spacial score (nSPS) is 33.8. The summed E-state index contributed by atoms with van der Waals surface area (Å²) >= 11 is 0. The second-order valence-electron chi connectivity index (χ2n) is 5.70. The van der Waals surface area contributed by atoms with Gasteiger partial charge in [-0.1, -0.05) is 6.92 Å². The highest BCUT2D eigenvalue weighted by atomic mass is 16.3. The van der Waals surface area contributed by atoms with Crippen LogP contribution in [-0.2, 0) is 0 Å². The maximum Gasteiger partial charge on any atom is 0.320 e. The molecule has 0 aromatic heterocycles. The summed E-state index contributed by atoms with van der Waals surface area (Å²) in [5.41, 5.74) is 0. The number of β-amino-alcohol motifs (C(OH)–C–C–N with tert-alkyl or cyclic N) is 1. The molecule has 0 aromatic carbocycles. The number of likely N-dealkylation sites (tertiary alicyclic amines) is 1. The molecule has 1 unspecified atom stereocenters. The molecule has 2 amide bonds. The zero-order chi connectivity index (χ0) is 12.4. The van der Waals surface area contributed by atoms with E-state index in [0.717, 1.165) is 25.2 Å². The summed E-state index contributed by atoms with van der Waals surface area (Å²) in [5, 5.41) is 9.46. The lowest BCUT2D eigenvalue weighted by Gasteiger charge is -2.35. The van der Waals surface area contributed by atoms with Crippen LogP contribution < -0.4 is 0 Å². The Kier molecular flexibility index (Phi) is 3.92. The van der Waals surface area contributed by atoms with Gasteiger partial charge in [-0.3, -0.25) is 0 Å². The van der Waals surface area contributed by atoms with Gasteiger partial charge in [0.1, 0.15) is 0 Å². The van der Waals surface area contributed by atoms with Crippen molar-refractivity contribution in [1.82, 2.24) is 9.80 Å². The topological polar surface area (TPSA) is 43.8 Å². The summed E-state index contributed by atoms with van der Waals surface area (Å²) in [6.45, 7) is 3.49. The molecule has 98 valence electrons. The fourth-order valence-electron chi connectivity index (χ4n) is 2.92. The minimum Gasteiger partial charge on any atom is -0.391 e. The molecule has 2 aliphatic rings. The fraction of sp³-hybridized carbons (Fsp3) is 0.923. The van der Waals surface area contributed by atoms with Crippen LogP contribution in [0.25, 0.3) is 0 Å². The third-order valence-electron chi connectivity index (χ3n) is 4.27. The van der Waals surface area contributed by atoms with Crippen molar-refractivity contribution in [3.05, 3.63) is 0 Å². The zero-order valence-corrected chi connectivity index (χ0v) is 10.9. The van der Waals surface area contributed by atoms with E-state index in [1.165, 1.54) is 12.8 Å². The van der Waals surface area contributed by atoms with Gasteiger partial charge >= 0.3 is 6.03 Å². The molecular formula is C13H24N2O2. The summed E-state index contributed by atoms with van der Waals surface area (Å²) in [7, 11) is 1.91. The fourth-order valence-corrected chi connectivity index (χ4v) is 2.92. The molecule has 0 aromatic rings. The van der Waals surface area contributed by atoms with Crippen molar-refractivity contribution in [3.63, 3.8) is 0 Å². The van der Waals surface area contributed by atoms with Gasteiger partial charge < -0.3 is 14.9 Å². The van der Waals surface area contributed by atoms with E-state index in [9.17, 15) is 9.90 Å². The van der Waals surface area contributed by atoms with E-state index in [1.807, 2.05) is 11.9 Å². The third-order valence-corrected chi connectivity index (χ3v) is 4.27. The number of aliphatic hydroxyl groups excluding tert-OH is 1. The number of hydrogen-bond acceptors (Lipinski definition) is 2. The Balaban J connectivity index is 1.86. The molecule has 1 atom stereocenters. The third kappa shape index (κ3) is 2.92. The number of amides is 2. The van der Waals surface area contributed by atoms with Gasteiger partial charge in [0.15, 0.2) is 0 Å². The average molecular weight is 240 g/mol. The van der Waals surface area contributed by atoms with E-state index in [0.29, 0.717) is 19.1 Å². The maximum atomic E-state index is 12.2. The molecule has 4 heteroatoms. The van der Waals surface area contributed by atoms with Crippen LogP contribution in [0.3, 0.4) is 0 Å². The summed E-state index contributed by atoms with van der Waals surface area (Å²) in [6.07, 6.45) is 5.11. The first kappa shape index (κ1) is 12.7. The predicted molar refractivity (Wildman–Crippen MR) is 66.8 cm³/mol. The molecule has 0 radical (unpaired) electrons. The van der Waals surface area contributed by atoms with E-state index in [2.05, 4.69) is 6.92 Å². The Bertz CT molecular complexity index is 275. The largest absolute Gasteiger partial charge is 0.391 e. The quantitative estimate of drug-likeness (QED) is 0.758. The lowest BCUT2D eigenvalue weighted by molar-refractivity contribution is 0.126. The van der Waals surface area contributed by atoms with Gasteiger partial charge in [0.2, 0.25) is 0 Å². The van der Waals surface area contributed by atoms with Crippen LogP contribution in [-0.4, -0.2) is 53.2 Å². The number of nitrogens with zero attached hydrogens (tertiary/aromatic N) is 2. The molecule has 1 saturated heterocycles. The molecule has 0 bridgehead atoms. The van der Waals surface area contributed by atoms with E-state index in [4.69, 9.17) is 0 Å². The van der Waals surface area contributed by atoms with Crippen molar-refractivity contribution in [3.8, 4) is 0 Å². The molecule has 1 aliphatic heterocycles. The summed E-state index contributed by atoms with van der Waals surface area (Å²) in [4.78, 5) is 15.9. The van der Waals surface area contributed by atoms with Crippen molar-refractivity contribution in [2.45, 2.75) is 51.2 Å². The van der Waals surface area contributed by atoms with Gasteiger partial charge in [-0.2, -0.15) is 0 Å². The van der Waals surface area contributed by atoms with Crippen LogP contribution >= 0.6 is 0 Å². The molecule has 4 nitrogen and oxygen atoms in total. The molecule has 1 saturated carbocycles. The van der Waals surface area contributed by atoms with Crippen molar-refractivity contribution < 1.29 is 9.90 Å². The molecule has 17 heavy (non-hydrogen) atoms. The highest BCUT2D eigenvalue weighted by molar-refractivity contribution is 5.74. The van der Waals surface area contributed by atoms with Gasteiger partial charge in [-0.15, -0.1) is 0 Å².